The summed E-state index contributed by atoms with van der Waals surface area (Å²) in [6.45, 7) is 0. The third kappa shape index (κ3) is 2.71. The van der Waals surface area contributed by atoms with Crippen LogP contribution in [0.3, 0.4) is 0 Å². The Balaban J connectivity index is 1.96. The van der Waals surface area contributed by atoms with E-state index in [1.165, 1.54) is 0 Å². The molecule has 0 aromatic heterocycles. The number of rotatable bonds is 3. The van der Waals surface area contributed by atoms with Crippen molar-refractivity contribution in [2.45, 2.75) is 44.6 Å². The summed E-state index contributed by atoms with van der Waals surface area (Å²) >= 11 is 5.53. The van der Waals surface area contributed by atoms with Gasteiger partial charge in [0, 0.05) is 17.9 Å². The van der Waals surface area contributed by atoms with Gasteiger partial charge >= 0.3 is 0 Å². The molecule has 2 unspecified atom stereocenters. The van der Waals surface area contributed by atoms with Gasteiger partial charge in [-0.3, -0.25) is 9.59 Å². The molecular formula is C11H16ClNO2. The van der Waals surface area contributed by atoms with Crippen LogP contribution in [0.1, 0.15) is 38.5 Å². The summed E-state index contributed by atoms with van der Waals surface area (Å²) in [7, 11) is 0. The summed E-state index contributed by atoms with van der Waals surface area (Å²) in [6.07, 6.45) is 5.78. The Bertz CT molecular complexity index is 276. The minimum Gasteiger partial charge on any atom is -0.353 e. The molecule has 0 aliphatic heterocycles. The molecule has 2 aliphatic rings. The second-order valence-electron chi connectivity index (χ2n) is 4.58. The minimum absolute atomic E-state index is 0.0381. The van der Waals surface area contributed by atoms with E-state index in [1.807, 2.05) is 0 Å². The summed E-state index contributed by atoms with van der Waals surface area (Å²) in [5.41, 5.74) is 0. The normalized spacial score (nSPS) is 31.0. The zero-order valence-corrected chi connectivity index (χ0v) is 9.43. The van der Waals surface area contributed by atoms with Crippen molar-refractivity contribution >= 4 is 22.8 Å². The van der Waals surface area contributed by atoms with Gasteiger partial charge in [0.1, 0.15) is 0 Å². The van der Waals surface area contributed by atoms with Crippen molar-refractivity contribution in [1.82, 2.24) is 5.32 Å². The SMILES string of the molecule is O=C(Cl)C1CCCCC1C(=O)NC1CC1. The van der Waals surface area contributed by atoms with E-state index in [0.717, 1.165) is 38.5 Å². The molecule has 0 bridgehead atoms. The molecule has 84 valence electrons. The number of nitrogens with one attached hydrogen (secondary N) is 1. The Morgan fingerprint density at radius 3 is 2.13 bits per heavy atom. The summed E-state index contributed by atoms with van der Waals surface area (Å²) in [5.74, 6) is -0.389. The Labute approximate surface area is 94.6 Å². The van der Waals surface area contributed by atoms with Gasteiger partial charge in [-0.1, -0.05) is 12.8 Å². The highest BCUT2D eigenvalue weighted by Crippen LogP contribution is 2.32. The van der Waals surface area contributed by atoms with Crippen molar-refractivity contribution < 1.29 is 9.59 Å². The van der Waals surface area contributed by atoms with Crippen LogP contribution in [0.4, 0.5) is 0 Å². The maximum Gasteiger partial charge on any atom is 0.225 e. The molecule has 0 saturated heterocycles. The topological polar surface area (TPSA) is 46.2 Å². The first-order valence-corrected chi connectivity index (χ1v) is 6.06. The number of amides is 1. The van der Waals surface area contributed by atoms with E-state index in [4.69, 9.17) is 11.6 Å². The lowest BCUT2D eigenvalue weighted by atomic mass is 9.79. The van der Waals surface area contributed by atoms with Gasteiger partial charge in [0.05, 0.1) is 0 Å². The average molecular weight is 230 g/mol. The molecule has 0 radical (unpaired) electrons. The molecule has 0 heterocycles. The van der Waals surface area contributed by atoms with Crippen LogP contribution in [0.2, 0.25) is 0 Å². The molecule has 4 heteroatoms. The van der Waals surface area contributed by atoms with E-state index in [9.17, 15) is 9.59 Å². The zero-order valence-electron chi connectivity index (χ0n) is 8.67. The number of carbonyl (C=O) groups is 2. The highest BCUT2D eigenvalue weighted by Gasteiger charge is 2.36. The van der Waals surface area contributed by atoms with Crippen molar-refractivity contribution in [3.8, 4) is 0 Å². The number of carbonyl (C=O) groups excluding carboxylic acids is 2. The molecule has 2 rings (SSSR count). The van der Waals surface area contributed by atoms with E-state index in [1.54, 1.807) is 0 Å². The fourth-order valence-corrected chi connectivity index (χ4v) is 2.51. The van der Waals surface area contributed by atoms with Gasteiger partial charge in [-0.15, -0.1) is 0 Å². The molecule has 15 heavy (non-hydrogen) atoms. The van der Waals surface area contributed by atoms with Crippen LogP contribution in [0.25, 0.3) is 0 Å². The van der Waals surface area contributed by atoms with Crippen LogP contribution < -0.4 is 5.32 Å². The van der Waals surface area contributed by atoms with Crippen LogP contribution in [-0.2, 0) is 9.59 Å². The second kappa shape index (κ2) is 4.52. The lowest BCUT2D eigenvalue weighted by Crippen LogP contribution is -2.39. The predicted molar refractivity (Wildman–Crippen MR) is 57.5 cm³/mol. The van der Waals surface area contributed by atoms with Gasteiger partial charge in [0.15, 0.2) is 0 Å². The second-order valence-corrected chi connectivity index (χ2v) is 4.96. The molecule has 3 nitrogen and oxygen atoms in total. The first-order valence-electron chi connectivity index (χ1n) is 5.68. The van der Waals surface area contributed by atoms with Crippen LogP contribution in [0, 0.1) is 11.8 Å². The van der Waals surface area contributed by atoms with Crippen LogP contribution >= 0.6 is 11.6 Å². The van der Waals surface area contributed by atoms with E-state index < -0.39 is 0 Å². The summed E-state index contributed by atoms with van der Waals surface area (Å²) < 4.78 is 0. The Hall–Kier alpha value is -0.570. The lowest BCUT2D eigenvalue weighted by Gasteiger charge is -2.27. The van der Waals surface area contributed by atoms with Gasteiger partial charge in [-0.05, 0) is 37.3 Å². The van der Waals surface area contributed by atoms with E-state index in [0.29, 0.717) is 6.04 Å². The molecule has 0 aromatic carbocycles. The first kappa shape index (κ1) is 10.9. The Morgan fingerprint density at radius 1 is 1.00 bits per heavy atom. The highest BCUT2D eigenvalue weighted by atomic mass is 35.5. The number of hydrogen-bond donors (Lipinski definition) is 1. The van der Waals surface area contributed by atoms with Gasteiger partial charge in [-0.25, -0.2) is 0 Å². The van der Waals surface area contributed by atoms with Crippen LogP contribution in [0.5, 0.6) is 0 Å². The molecule has 2 saturated carbocycles. The third-order valence-electron chi connectivity index (χ3n) is 3.32. The monoisotopic (exact) mass is 229 g/mol. The molecule has 1 N–H and O–H groups in total. The molecule has 2 aliphatic carbocycles. The molecule has 2 atom stereocenters. The number of halogens is 1. The van der Waals surface area contributed by atoms with Gasteiger partial charge in [0.25, 0.3) is 0 Å². The summed E-state index contributed by atoms with van der Waals surface area (Å²) in [5, 5.41) is 2.62. The van der Waals surface area contributed by atoms with Crippen molar-refractivity contribution in [3.63, 3.8) is 0 Å². The molecule has 0 spiro atoms. The standard InChI is InChI=1S/C11H16ClNO2/c12-10(14)8-3-1-2-4-9(8)11(15)13-7-5-6-7/h7-9H,1-6H2,(H,13,15). The van der Waals surface area contributed by atoms with Crippen molar-refractivity contribution in [1.29, 1.82) is 0 Å². The van der Waals surface area contributed by atoms with Crippen molar-refractivity contribution in [2.24, 2.45) is 11.8 Å². The largest absolute Gasteiger partial charge is 0.353 e. The predicted octanol–water partition coefficient (Wildman–Crippen LogP) is 1.84. The minimum atomic E-state index is -0.342. The van der Waals surface area contributed by atoms with Crippen LogP contribution in [-0.4, -0.2) is 17.2 Å². The maximum atomic E-state index is 11.8. The fourth-order valence-electron chi connectivity index (χ4n) is 2.25. The van der Waals surface area contributed by atoms with Gasteiger partial charge in [0.2, 0.25) is 11.1 Å². The zero-order chi connectivity index (χ0) is 10.8. The smallest absolute Gasteiger partial charge is 0.225 e. The summed E-state index contributed by atoms with van der Waals surface area (Å²) in [4.78, 5) is 23.0. The molecule has 2 fully saturated rings. The first-order chi connectivity index (χ1) is 7.18. The Morgan fingerprint density at radius 2 is 1.60 bits per heavy atom. The average Bonchev–Trinajstić information content (AvgIpc) is 3.01. The van der Waals surface area contributed by atoms with E-state index in [2.05, 4.69) is 5.32 Å². The summed E-state index contributed by atoms with van der Waals surface area (Å²) in [6, 6.07) is 0.366. The Kier molecular flexibility index (Phi) is 3.29. The number of hydrogen-bond acceptors (Lipinski definition) is 2. The quantitative estimate of drug-likeness (QED) is 0.751. The van der Waals surface area contributed by atoms with E-state index >= 15 is 0 Å². The van der Waals surface area contributed by atoms with Crippen LogP contribution in [0.15, 0.2) is 0 Å². The molecule has 0 aromatic rings. The van der Waals surface area contributed by atoms with Crippen molar-refractivity contribution in [2.75, 3.05) is 0 Å². The van der Waals surface area contributed by atoms with Crippen molar-refractivity contribution in [3.05, 3.63) is 0 Å². The fraction of sp³-hybridized carbons (Fsp3) is 0.818. The van der Waals surface area contributed by atoms with E-state index in [-0.39, 0.29) is 23.0 Å². The molecule has 1 amide bonds. The van der Waals surface area contributed by atoms with Gasteiger partial charge in [-0.2, -0.15) is 0 Å². The van der Waals surface area contributed by atoms with Gasteiger partial charge < -0.3 is 5.32 Å². The highest BCUT2D eigenvalue weighted by molar-refractivity contribution is 6.64. The third-order valence-corrected chi connectivity index (χ3v) is 3.60. The molecular weight excluding hydrogens is 214 g/mol. The maximum absolute atomic E-state index is 11.8. The lowest BCUT2D eigenvalue weighted by molar-refractivity contribution is -0.132.